The van der Waals surface area contributed by atoms with Crippen LogP contribution in [0.4, 0.5) is 0 Å². The van der Waals surface area contributed by atoms with Gasteiger partial charge in [0, 0.05) is 45.2 Å². The third-order valence-electron chi connectivity index (χ3n) is 4.52. The minimum absolute atomic E-state index is 0.0220. The Morgan fingerprint density at radius 1 is 1.29 bits per heavy atom. The van der Waals surface area contributed by atoms with Gasteiger partial charge in [0.1, 0.15) is 0 Å². The van der Waals surface area contributed by atoms with Gasteiger partial charge in [0.05, 0.1) is 6.10 Å². The molecule has 122 valence electrons. The highest BCUT2D eigenvalue weighted by Crippen LogP contribution is 2.15. The Balaban J connectivity index is 1.73. The number of nitrogens with two attached hydrogens (primary N) is 1. The number of carbonyl (C=O) groups is 1. The summed E-state index contributed by atoms with van der Waals surface area (Å²) in [7, 11) is 0. The lowest BCUT2D eigenvalue weighted by Crippen LogP contribution is -2.39. The summed E-state index contributed by atoms with van der Waals surface area (Å²) >= 11 is 0. The van der Waals surface area contributed by atoms with E-state index in [-0.39, 0.29) is 11.9 Å². The zero-order chi connectivity index (χ0) is 15.1. The Morgan fingerprint density at radius 3 is 2.86 bits per heavy atom. The Labute approximate surface area is 128 Å². The van der Waals surface area contributed by atoms with Crippen LogP contribution in [0, 0.1) is 0 Å². The van der Waals surface area contributed by atoms with Gasteiger partial charge in [-0.15, -0.1) is 0 Å². The van der Waals surface area contributed by atoms with E-state index >= 15 is 0 Å². The van der Waals surface area contributed by atoms with E-state index in [2.05, 4.69) is 11.8 Å². The second kappa shape index (κ2) is 8.71. The summed E-state index contributed by atoms with van der Waals surface area (Å²) in [5.41, 5.74) is 5.99. The van der Waals surface area contributed by atoms with Crippen LogP contribution in [-0.4, -0.2) is 67.2 Å². The van der Waals surface area contributed by atoms with Crippen molar-refractivity contribution < 1.29 is 9.53 Å². The summed E-state index contributed by atoms with van der Waals surface area (Å²) in [6, 6.07) is 0.0220. The van der Waals surface area contributed by atoms with Gasteiger partial charge in [-0.05, 0) is 32.2 Å². The van der Waals surface area contributed by atoms with Crippen molar-refractivity contribution in [2.75, 3.05) is 39.3 Å². The Kier molecular flexibility index (Phi) is 6.93. The summed E-state index contributed by atoms with van der Waals surface area (Å²) in [6.07, 6.45) is 6.32. The zero-order valence-corrected chi connectivity index (χ0v) is 13.4. The van der Waals surface area contributed by atoms with Crippen LogP contribution in [0.3, 0.4) is 0 Å². The van der Waals surface area contributed by atoms with Crippen molar-refractivity contribution in [2.24, 2.45) is 5.73 Å². The summed E-state index contributed by atoms with van der Waals surface area (Å²) in [4.78, 5) is 16.7. The van der Waals surface area contributed by atoms with Gasteiger partial charge in [-0.25, -0.2) is 0 Å². The molecule has 0 aliphatic carbocycles. The average molecular weight is 297 g/mol. The number of carbonyl (C=O) groups excluding carboxylic acids is 1. The van der Waals surface area contributed by atoms with Gasteiger partial charge in [0.25, 0.3) is 0 Å². The van der Waals surface area contributed by atoms with E-state index in [1.807, 2.05) is 4.90 Å². The maximum atomic E-state index is 12.3. The molecule has 2 unspecified atom stereocenters. The molecule has 0 bridgehead atoms. The summed E-state index contributed by atoms with van der Waals surface area (Å²) < 4.78 is 5.71. The van der Waals surface area contributed by atoms with Crippen LogP contribution >= 0.6 is 0 Å². The van der Waals surface area contributed by atoms with Gasteiger partial charge in [-0.3, -0.25) is 9.69 Å². The monoisotopic (exact) mass is 297 g/mol. The molecule has 2 saturated heterocycles. The first-order valence-electron chi connectivity index (χ1n) is 8.56. The number of rotatable bonds is 6. The fourth-order valence-corrected chi connectivity index (χ4v) is 3.31. The lowest BCUT2D eigenvalue weighted by molar-refractivity contribution is -0.131. The molecule has 2 aliphatic rings. The van der Waals surface area contributed by atoms with Gasteiger partial charge >= 0.3 is 0 Å². The molecule has 2 rings (SSSR count). The fraction of sp³-hybridized carbons (Fsp3) is 0.938. The highest BCUT2D eigenvalue weighted by molar-refractivity contribution is 5.76. The van der Waals surface area contributed by atoms with E-state index in [9.17, 15) is 4.79 Å². The smallest absolute Gasteiger partial charge is 0.224 e. The van der Waals surface area contributed by atoms with Gasteiger partial charge in [0.2, 0.25) is 5.91 Å². The van der Waals surface area contributed by atoms with E-state index in [1.54, 1.807) is 0 Å². The molecule has 2 fully saturated rings. The van der Waals surface area contributed by atoms with E-state index in [4.69, 9.17) is 10.5 Å². The van der Waals surface area contributed by atoms with Crippen molar-refractivity contribution in [2.45, 2.75) is 57.6 Å². The second-order valence-electron chi connectivity index (χ2n) is 6.42. The van der Waals surface area contributed by atoms with E-state index in [0.29, 0.717) is 12.5 Å². The van der Waals surface area contributed by atoms with Crippen molar-refractivity contribution >= 4 is 5.91 Å². The van der Waals surface area contributed by atoms with Crippen LogP contribution in [0.15, 0.2) is 0 Å². The molecule has 2 N–H and O–H groups in total. The SMILES string of the molecule is CCCC(N)CC(=O)N1CCCN(CC2CCCO2)CC1. The lowest BCUT2D eigenvalue weighted by atomic mass is 10.1. The first kappa shape index (κ1) is 16.7. The van der Waals surface area contributed by atoms with Crippen LogP contribution in [0.5, 0.6) is 0 Å². The van der Waals surface area contributed by atoms with Crippen LogP contribution in [0.25, 0.3) is 0 Å². The largest absolute Gasteiger partial charge is 0.377 e. The van der Waals surface area contributed by atoms with Gasteiger partial charge < -0.3 is 15.4 Å². The molecule has 1 amide bonds. The standard InChI is InChI=1S/C16H31N3O2/c1-2-5-14(17)12-16(20)19-8-4-7-18(9-10-19)13-15-6-3-11-21-15/h14-15H,2-13,17H2,1H3. The maximum absolute atomic E-state index is 12.3. The first-order valence-corrected chi connectivity index (χ1v) is 8.56. The van der Waals surface area contributed by atoms with Gasteiger partial charge in [-0.2, -0.15) is 0 Å². The molecule has 2 atom stereocenters. The topological polar surface area (TPSA) is 58.8 Å². The summed E-state index contributed by atoms with van der Waals surface area (Å²) in [5, 5.41) is 0. The number of hydrogen-bond acceptors (Lipinski definition) is 4. The van der Waals surface area contributed by atoms with Gasteiger partial charge in [-0.1, -0.05) is 13.3 Å². The molecule has 5 heteroatoms. The van der Waals surface area contributed by atoms with Crippen LogP contribution in [-0.2, 0) is 9.53 Å². The third-order valence-corrected chi connectivity index (χ3v) is 4.52. The molecule has 0 radical (unpaired) electrons. The second-order valence-corrected chi connectivity index (χ2v) is 6.42. The van der Waals surface area contributed by atoms with Crippen LogP contribution in [0.1, 0.15) is 45.4 Å². The summed E-state index contributed by atoms with van der Waals surface area (Å²) in [5.74, 6) is 0.231. The zero-order valence-electron chi connectivity index (χ0n) is 13.4. The number of hydrogen-bond donors (Lipinski definition) is 1. The number of amides is 1. The molecule has 0 aromatic rings. The molecular weight excluding hydrogens is 266 g/mol. The Hall–Kier alpha value is -0.650. The van der Waals surface area contributed by atoms with E-state index < -0.39 is 0 Å². The highest BCUT2D eigenvalue weighted by Gasteiger charge is 2.23. The fourth-order valence-electron chi connectivity index (χ4n) is 3.31. The van der Waals surface area contributed by atoms with Crippen molar-refractivity contribution in [3.05, 3.63) is 0 Å². The van der Waals surface area contributed by atoms with Crippen molar-refractivity contribution in [3.63, 3.8) is 0 Å². The third kappa shape index (κ3) is 5.57. The minimum atomic E-state index is 0.0220. The van der Waals surface area contributed by atoms with Gasteiger partial charge in [0.15, 0.2) is 0 Å². The predicted octanol–water partition coefficient (Wildman–Crippen LogP) is 1.22. The normalized spacial score (nSPS) is 25.8. The minimum Gasteiger partial charge on any atom is -0.377 e. The summed E-state index contributed by atoms with van der Waals surface area (Å²) in [6.45, 7) is 7.80. The number of nitrogens with zero attached hydrogens (tertiary/aromatic N) is 2. The molecule has 0 spiro atoms. The maximum Gasteiger partial charge on any atom is 0.224 e. The molecule has 0 saturated carbocycles. The van der Waals surface area contributed by atoms with E-state index in [1.165, 1.54) is 12.8 Å². The van der Waals surface area contributed by atoms with E-state index in [0.717, 1.165) is 58.6 Å². The first-order chi connectivity index (χ1) is 10.2. The molecule has 0 aromatic heterocycles. The molecule has 2 aliphatic heterocycles. The van der Waals surface area contributed by atoms with Crippen LogP contribution in [0.2, 0.25) is 0 Å². The quantitative estimate of drug-likeness (QED) is 0.801. The van der Waals surface area contributed by atoms with Crippen molar-refractivity contribution in [3.8, 4) is 0 Å². The molecule has 21 heavy (non-hydrogen) atoms. The van der Waals surface area contributed by atoms with Crippen molar-refractivity contribution in [1.29, 1.82) is 0 Å². The van der Waals surface area contributed by atoms with Crippen molar-refractivity contribution in [1.82, 2.24) is 9.80 Å². The molecule has 0 aromatic carbocycles. The number of ether oxygens (including phenoxy) is 1. The molecular formula is C16H31N3O2. The average Bonchev–Trinajstić information content (AvgIpc) is 2.83. The highest BCUT2D eigenvalue weighted by atomic mass is 16.5. The lowest BCUT2D eigenvalue weighted by Gasteiger charge is -2.24. The Bertz CT molecular complexity index is 319. The molecule has 5 nitrogen and oxygen atoms in total. The molecule has 2 heterocycles. The van der Waals surface area contributed by atoms with Crippen LogP contribution < -0.4 is 5.73 Å². The Morgan fingerprint density at radius 2 is 2.14 bits per heavy atom. The predicted molar refractivity (Wildman–Crippen MR) is 84.1 cm³/mol.